The molecule has 1 amide bonds. The number of hydrogen-bond donors (Lipinski definition) is 3. The molecule has 1 aliphatic heterocycles. The number of carbonyl (C=O) groups excluding carboxylic acids is 1. The molecule has 0 saturated carbocycles. The number of thiocarbonyl (C=S) groups is 1. The van der Waals surface area contributed by atoms with Gasteiger partial charge in [0.2, 0.25) is 0 Å². The highest BCUT2D eigenvalue weighted by Gasteiger charge is 2.24. The first kappa shape index (κ1) is 15.9. The molecule has 3 N–H and O–H groups in total. The fourth-order valence-corrected chi connectivity index (χ4v) is 1.95. The van der Waals surface area contributed by atoms with E-state index in [1.54, 1.807) is 0 Å². The van der Waals surface area contributed by atoms with Crippen LogP contribution >= 0.6 is 12.2 Å². The average Bonchev–Trinajstić information content (AvgIpc) is 2.37. The summed E-state index contributed by atoms with van der Waals surface area (Å²) in [7, 11) is 1.26. The van der Waals surface area contributed by atoms with E-state index in [4.69, 9.17) is 17.0 Å². The van der Waals surface area contributed by atoms with E-state index < -0.39 is 11.7 Å². The minimum atomic E-state index is -0.816. The second kappa shape index (κ2) is 6.85. The highest BCUT2D eigenvalue weighted by Crippen LogP contribution is 2.17. The first-order chi connectivity index (χ1) is 9.42. The minimum absolute atomic E-state index is 0.0504. The summed E-state index contributed by atoms with van der Waals surface area (Å²) in [5.41, 5.74) is 0.0641. The van der Waals surface area contributed by atoms with Crippen molar-refractivity contribution in [3.63, 3.8) is 0 Å². The van der Waals surface area contributed by atoms with Gasteiger partial charge >= 0.3 is 0 Å². The molecule has 0 aliphatic carbocycles. The number of hydrogen-bond acceptors (Lipinski definition) is 4. The molecule has 1 heterocycles. The second-order valence-corrected chi connectivity index (χ2v) is 4.25. The Morgan fingerprint density at radius 2 is 2.30 bits per heavy atom. The Labute approximate surface area is 121 Å². The van der Waals surface area contributed by atoms with Crippen LogP contribution in [0.1, 0.15) is 6.42 Å². The zero-order chi connectivity index (χ0) is 15.3. The van der Waals surface area contributed by atoms with Crippen molar-refractivity contribution < 1.29 is 19.0 Å². The molecule has 0 spiro atoms. The highest BCUT2D eigenvalue weighted by molar-refractivity contribution is 7.80. The second-order valence-electron chi connectivity index (χ2n) is 3.84. The molecule has 0 fully saturated rings. The van der Waals surface area contributed by atoms with Gasteiger partial charge in [-0.2, -0.15) is 0 Å². The van der Waals surface area contributed by atoms with Gasteiger partial charge in [-0.15, -0.1) is 0 Å². The van der Waals surface area contributed by atoms with Crippen LogP contribution in [0.3, 0.4) is 0 Å². The van der Waals surface area contributed by atoms with Crippen LogP contribution in [0.15, 0.2) is 47.8 Å². The fourth-order valence-electron chi connectivity index (χ4n) is 1.63. The van der Waals surface area contributed by atoms with E-state index in [1.165, 1.54) is 13.2 Å². The smallest absolute Gasteiger partial charge is 0.257 e. The third kappa shape index (κ3) is 3.45. The van der Waals surface area contributed by atoms with E-state index in [0.717, 1.165) is 0 Å². The average molecular weight is 298 g/mol. The summed E-state index contributed by atoms with van der Waals surface area (Å²) < 4.78 is 18.0. The standard InChI is InChI=1S/C13H15FN2O3S/c1-4-8(11(19-3)7(2)14)16-13(20)10-9(17)5-6-15-12(10)18/h4,17H,1-2,5-6H2,3H3,(H,15,18)(H,16,20)/b11-8-. The van der Waals surface area contributed by atoms with Crippen molar-refractivity contribution in [2.75, 3.05) is 13.7 Å². The molecule has 0 atom stereocenters. The minimum Gasteiger partial charge on any atom is -0.511 e. The van der Waals surface area contributed by atoms with Crippen molar-refractivity contribution in [2.24, 2.45) is 0 Å². The van der Waals surface area contributed by atoms with Gasteiger partial charge in [0, 0.05) is 13.0 Å². The topological polar surface area (TPSA) is 70.6 Å². The number of aliphatic hydroxyl groups excluding tert-OH is 1. The van der Waals surface area contributed by atoms with Crippen molar-refractivity contribution in [1.82, 2.24) is 10.6 Å². The monoisotopic (exact) mass is 298 g/mol. The van der Waals surface area contributed by atoms with E-state index in [-0.39, 0.29) is 34.2 Å². The van der Waals surface area contributed by atoms with Gasteiger partial charge in [-0.1, -0.05) is 25.4 Å². The molecule has 0 unspecified atom stereocenters. The van der Waals surface area contributed by atoms with E-state index in [2.05, 4.69) is 23.8 Å². The Balaban J connectivity index is 3.08. The van der Waals surface area contributed by atoms with Crippen molar-refractivity contribution in [3.05, 3.63) is 47.8 Å². The first-order valence-electron chi connectivity index (χ1n) is 5.69. The number of aliphatic hydroxyl groups is 1. The van der Waals surface area contributed by atoms with Crippen LogP contribution in [-0.4, -0.2) is 29.7 Å². The number of nitrogens with one attached hydrogen (secondary N) is 2. The molecule has 0 radical (unpaired) electrons. The summed E-state index contributed by atoms with van der Waals surface area (Å²) in [6, 6.07) is 0. The molecule has 1 aliphatic rings. The van der Waals surface area contributed by atoms with Crippen LogP contribution in [0.2, 0.25) is 0 Å². The lowest BCUT2D eigenvalue weighted by atomic mass is 10.1. The van der Waals surface area contributed by atoms with E-state index in [1.807, 2.05) is 0 Å². The van der Waals surface area contributed by atoms with Gasteiger partial charge < -0.3 is 20.5 Å². The van der Waals surface area contributed by atoms with Crippen LogP contribution in [0.4, 0.5) is 4.39 Å². The molecule has 1 rings (SSSR count). The van der Waals surface area contributed by atoms with Crippen molar-refractivity contribution in [2.45, 2.75) is 6.42 Å². The van der Waals surface area contributed by atoms with E-state index in [0.29, 0.717) is 6.54 Å². The highest BCUT2D eigenvalue weighted by atomic mass is 32.1. The van der Waals surface area contributed by atoms with Crippen LogP contribution in [-0.2, 0) is 9.53 Å². The third-order valence-corrected chi connectivity index (χ3v) is 2.84. The summed E-state index contributed by atoms with van der Waals surface area (Å²) >= 11 is 5.04. The molecule has 108 valence electrons. The van der Waals surface area contributed by atoms with Gasteiger partial charge in [0.25, 0.3) is 5.91 Å². The van der Waals surface area contributed by atoms with Crippen molar-refractivity contribution in [1.29, 1.82) is 0 Å². The Morgan fingerprint density at radius 1 is 1.65 bits per heavy atom. The predicted molar refractivity (Wildman–Crippen MR) is 77.5 cm³/mol. The number of amides is 1. The zero-order valence-electron chi connectivity index (χ0n) is 11.0. The van der Waals surface area contributed by atoms with Crippen molar-refractivity contribution in [3.8, 4) is 0 Å². The van der Waals surface area contributed by atoms with Gasteiger partial charge in [0.05, 0.1) is 12.8 Å². The molecular weight excluding hydrogens is 283 g/mol. The van der Waals surface area contributed by atoms with Gasteiger partial charge in [-0.05, 0) is 6.08 Å². The molecule has 0 bridgehead atoms. The Bertz CT molecular complexity index is 538. The third-order valence-electron chi connectivity index (χ3n) is 2.54. The molecule has 0 aromatic carbocycles. The van der Waals surface area contributed by atoms with E-state index in [9.17, 15) is 14.3 Å². The van der Waals surface area contributed by atoms with Crippen LogP contribution in [0, 0.1) is 0 Å². The summed E-state index contributed by atoms with van der Waals surface area (Å²) in [4.78, 5) is 11.6. The summed E-state index contributed by atoms with van der Waals surface area (Å²) in [6.45, 7) is 6.96. The lowest BCUT2D eigenvalue weighted by molar-refractivity contribution is -0.117. The van der Waals surface area contributed by atoms with E-state index >= 15 is 0 Å². The number of carbonyl (C=O) groups is 1. The summed E-state index contributed by atoms with van der Waals surface area (Å²) in [6.07, 6.45) is 1.55. The lowest BCUT2D eigenvalue weighted by Gasteiger charge is -2.19. The van der Waals surface area contributed by atoms with Gasteiger partial charge in [-0.3, -0.25) is 4.79 Å². The Morgan fingerprint density at radius 3 is 2.75 bits per heavy atom. The lowest BCUT2D eigenvalue weighted by Crippen LogP contribution is -2.38. The molecular formula is C13H15FN2O3S. The van der Waals surface area contributed by atoms with Crippen LogP contribution < -0.4 is 10.6 Å². The number of ether oxygens (including phenoxy) is 1. The molecule has 20 heavy (non-hydrogen) atoms. The number of allylic oxidation sites excluding steroid dienone is 2. The maximum absolute atomic E-state index is 13.2. The molecule has 0 saturated heterocycles. The number of rotatable bonds is 5. The Kier molecular flexibility index (Phi) is 5.45. The molecule has 7 heteroatoms. The predicted octanol–water partition coefficient (Wildman–Crippen LogP) is 1.76. The molecule has 0 aromatic heterocycles. The molecule has 0 aromatic rings. The Hall–Kier alpha value is -2.15. The maximum atomic E-state index is 13.2. The SMILES string of the molecule is C=C/C(NC(=S)C1=C(O)CCNC1=O)=C(/OC)C(=C)F. The van der Waals surface area contributed by atoms with Gasteiger partial charge in [0.1, 0.15) is 16.3 Å². The number of halogens is 1. The first-order valence-corrected chi connectivity index (χ1v) is 6.10. The van der Waals surface area contributed by atoms with Gasteiger partial charge in [0.15, 0.2) is 11.6 Å². The maximum Gasteiger partial charge on any atom is 0.257 e. The summed E-state index contributed by atoms with van der Waals surface area (Å²) in [5.74, 6) is -1.61. The zero-order valence-corrected chi connectivity index (χ0v) is 11.8. The van der Waals surface area contributed by atoms with Crippen molar-refractivity contribution >= 4 is 23.1 Å². The van der Waals surface area contributed by atoms with Crippen LogP contribution in [0.25, 0.3) is 0 Å². The fraction of sp³-hybridized carbons (Fsp3) is 0.231. The van der Waals surface area contributed by atoms with Crippen LogP contribution in [0.5, 0.6) is 0 Å². The normalized spacial score (nSPS) is 16.0. The largest absolute Gasteiger partial charge is 0.511 e. The summed E-state index contributed by atoms with van der Waals surface area (Å²) in [5, 5.41) is 14.9. The van der Waals surface area contributed by atoms with Gasteiger partial charge in [-0.25, -0.2) is 4.39 Å². The quantitative estimate of drug-likeness (QED) is 0.410. The molecule has 5 nitrogen and oxygen atoms in total. The number of methoxy groups -OCH3 is 1.